The number of nitrogens with zero attached hydrogens (tertiary/aromatic N) is 1. The molecule has 9 heteroatoms. The highest BCUT2D eigenvalue weighted by Gasteiger charge is 2.66. The third-order valence-corrected chi connectivity index (χ3v) is 10.2. The summed E-state index contributed by atoms with van der Waals surface area (Å²) in [5, 5.41) is 2.82. The van der Waals surface area contributed by atoms with Crippen LogP contribution in [0.2, 0.25) is 0 Å². The Balaban J connectivity index is 1.40. The Hall–Kier alpha value is -2.39. The van der Waals surface area contributed by atoms with Gasteiger partial charge in [0, 0.05) is 21.3 Å². The van der Waals surface area contributed by atoms with Crippen LogP contribution < -0.4 is 19.7 Å². The second-order valence-corrected chi connectivity index (χ2v) is 10.7. The highest BCUT2D eigenvalue weighted by atomic mass is 79.9. The van der Waals surface area contributed by atoms with Gasteiger partial charge in [0.05, 0.1) is 37.4 Å². The molecule has 7 nitrogen and oxygen atoms in total. The molecule has 1 saturated heterocycles. The number of imide groups is 1. The quantitative estimate of drug-likeness (QED) is 0.424. The van der Waals surface area contributed by atoms with Crippen molar-refractivity contribution in [3.8, 4) is 11.5 Å². The zero-order valence-electron chi connectivity index (χ0n) is 18.0. The highest BCUT2D eigenvalue weighted by Crippen LogP contribution is 2.60. The van der Waals surface area contributed by atoms with Crippen LogP contribution in [0.15, 0.2) is 42.5 Å². The fraction of sp³-hybridized carbons (Fsp3) is 0.375. The lowest BCUT2D eigenvalue weighted by molar-refractivity contribution is -0.123. The van der Waals surface area contributed by atoms with E-state index in [1.807, 2.05) is 0 Å². The number of halogens is 2. The van der Waals surface area contributed by atoms with E-state index in [2.05, 4.69) is 37.2 Å². The number of anilines is 2. The second kappa shape index (κ2) is 8.43. The summed E-state index contributed by atoms with van der Waals surface area (Å²) in [7, 11) is 3.06. The molecule has 3 amide bonds. The van der Waals surface area contributed by atoms with Gasteiger partial charge < -0.3 is 14.8 Å². The minimum absolute atomic E-state index is 0.139. The van der Waals surface area contributed by atoms with E-state index in [9.17, 15) is 14.4 Å². The SMILES string of the molecule is COc1ccc(NC(=O)c2cccc(N3C(=O)[C@@H]4[C@H]5C[C@@H]([C@@H](Br)[C@H]5Br)[C@H]4C3=O)c2)c(OC)c1. The molecule has 0 spiro atoms. The number of carbonyl (C=O) groups is 3. The Morgan fingerprint density at radius 3 is 2.24 bits per heavy atom. The van der Waals surface area contributed by atoms with Gasteiger partial charge in [0.2, 0.25) is 11.8 Å². The smallest absolute Gasteiger partial charge is 0.255 e. The minimum atomic E-state index is -0.374. The number of benzene rings is 2. The van der Waals surface area contributed by atoms with Crippen molar-refractivity contribution in [1.82, 2.24) is 0 Å². The monoisotopic (exact) mass is 576 g/mol. The Labute approximate surface area is 208 Å². The summed E-state index contributed by atoms with van der Waals surface area (Å²) >= 11 is 7.41. The zero-order chi connectivity index (χ0) is 23.4. The summed E-state index contributed by atoms with van der Waals surface area (Å²) in [5.74, 6) is 0.0184. The Bertz CT molecular complexity index is 1120. The van der Waals surface area contributed by atoms with Crippen molar-refractivity contribution in [1.29, 1.82) is 0 Å². The van der Waals surface area contributed by atoms with Gasteiger partial charge in [0.1, 0.15) is 11.5 Å². The molecule has 0 unspecified atom stereocenters. The van der Waals surface area contributed by atoms with Crippen LogP contribution in [0.4, 0.5) is 11.4 Å². The summed E-state index contributed by atoms with van der Waals surface area (Å²) in [6.45, 7) is 0. The van der Waals surface area contributed by atoms with Crippen LogP contribution in [0.1, 0.15) is 16.8 Å². The van der Waals surface area contributed by atoms with Crippen molar-refractivity contribution in [2.45, 2.75) is 16.1 Å². The number of hydrogen-bond donors (Lipinski definition) is 1. The van der Waals surface area contributed by atoms with Crippen molar-refractivity contribution >= 4 is 61.0 Å². The molecule has 2 bridgehead atoms. The summed E-state index contributed by atoms with van der Waals surface area (Å²) in [6, 6.07) is 11.7. The second-order valence-electron chi connectivity index (χ2n) is 8.59. The van der Waals surface area contributed by atoms with Gasteiger partial charge in [0.15, 0.2) is 0 Å². The average Bonchev–Trinajstić information content (AvgIpc) is 3.44. The van der Waals surface area contributed by atoms with Gasteiger partial charge in [-0.05, 0) is 48.6 Å². The number of hydrogen-bond acceptors (Lipinski definition) is 5. The summed E-state index contributed by atoms with van der Waals surface area (Å²) in [4.78, 5) is 41.2. The summed E-state index contributed by atoms with van der Waals surface area (Å²) < 4.78 is 10.5. The van der Waals surface area contributed by atoms with E-state index in [-0.39, 0.29) is 51.0 Å². The first-order valence-corrected chi connectivity index (χ1v) is 12.5. The lowest BCUT2D eigenvalue weighted by Crippen LogP contribution is -2.37. The molecule has 3 aliphatic rings. The van der Waals surface area contributed by atoms with E-state index in [0.29, 0.717) is 28.4 Å². The van der Waals surface area contributed by atoms with Crippen molar-refractivity contribution in [3.63, 3.8) is 0 Å². The fourth-order valence-corrected chi connectivity index (χ4v) is 7.36. The van der Waals surface area contributed by atoms with Crippen LogP contribution >= 0.6 is 31.9 Å². The number of alkyl halides is 2. The van der Waals surface area contributed by atoms with Gasteiger partial charge in [-0.15, -0.1) is 0 Å². The molecule has 1 N–H and O–H groups in total. The molecule has 5 rings (SSSR count). The number of carbonyl (C=O) groups excluding carboxylic acids is 3. The standard InChI is InChI=1S/C24H22Br2N2O5/c1-32-13-6-7-16(17(9-13)33-2)27-22(29)11-4-3-5-12(8-11)28-23(30)18-14-10-15(19(18)24(28)31)21(26)20(14)25/h3-9,14-15,18-21H,10H2,1-2H3,(H,27,29)/t14-,15-,18-,19-,20-,21+/m1/s1. The molecule has 2 aromatic rings. The van der Waals surface area contributed by atoms with Crippen molar-refractivity contribution in [3.05, 3.63) is 48.0 Å². The van der Waals surface area contributed by atoms with Crippen molar-refractivity contribution in [2.75, 3.05) is 24.4 Å². The summed E-state index contributed by atoms with van der Waals surface area (Å²) in [6.07, 6.45) is 0.874. The molecule has 1 heterocycles. The third-order valence-electron chi connectivity index (χ3n) is 7.01. The summed E-state index contributed by atoms with van der Waals surface area (Å²) in [5.41, 5.74) is 1.24. The van der Waals surface area contributed by atoms with Crippen molar-refractivity contribution < 1.29 is 23.9 Å². The first-order chi connectivity index (χ1) is 15.8. The van der Waals surface area contributed by atoms with Crippen molar-refractivity contribution in [2.24, 2.45) is 23.7 Å². The molecule has 3 fully saturated rings. The van der Waals surface area contributed by atoms with Crippen LogP contribution in [0.3, 0.4) is 0 Å². The third kappa shape index (κ3) is 3.47. The predicted octanol–water partition coefficient (Wildman–Crippen LogP) is 4.24. The molecule has 33 heavy (non-hydrogen) atoms. The molecule has 2 aliphatic carbocycles. The average molecular weight is 578 g/mol. The molecule has 0 radical (unpaired) electrons. The predicted molar refractivity (Wildman–Crippen MR) is 130 cm³/mol. The van der Waals surface area contributed by atoms with Gasteiger partial charge in [-0.3, -0.25) is 19.3 Å². The fourth-order valence-electron chi connectivity index (χ4n) is 5.49. The Morgan fingerprint density at radius 2 is 1.64 bits per heavy atom. The zero-order valence-corrected chi connectivity index (χ0v) is 21.1. The van der Waals surface area contributed by atoms with Crippen LogP contribution in [0.25, 0.3) is 0 Å². The molecule has 6 atom stereocenters. The lowest BCUT2D eigenvalue weighted by atomic mass is 9.81. The number of methoxy groups -OCH3 is 2. The molecule has 0 aromatic heterocycles. The van der Waals surface area contributed by atoms with Gasteiger partial charge in [0.25, 0.3) is 5.91 Å². The van der Waals surface area contributed by atoms with Crippen LogP contribution in [0.5, 0.6) is 11.5 Å². The minimum Gasteiger partial charge on any atom is -0.497 e. The van der Waals surface area contributed by atoms with Gasteiger partial charge in [-0.1, -0.05) is 37.9 Å². The largest absolute Gasteiger partial charge is 0.497 e. The Kier molecular flexibility index (Phi) is 5.73. The van der Waals surface area contributed by atoms with E-state index < -0.39 is 0 Å². The van der Waals surface area contributed by atoms with E-state index in [0.717, 1.165) is 6.42 Å². The first kappa shape index (κ1) is 22.4. The molecule has 2 saturated carbocycles. The maximum atomic E-state index is 13.3. The van der Waals surface area contributed by atoms with E-state index >= 15 is 0 Å². The first-order valence-electron chi connectivity index (χ1n) is 10.6. The van der Waals surface area contributed by atoms with Gasteiger partial charge in [-0.25, -0.2) is 0 Å². The van der Waals surface area contributed by atoms with Crippen LogP contribution in [0, 0.1) is 23.7 Å². The molecular weight excluding hydrogens is 556 g/mol. The molecule has 172 valence electrons. The number of nitrogens with one attached hydrogen (secondary N) is 1. The van der Waals surface area contributed by atoms with E-state index in [1.54, 1.807) is 49.6 Å². The number of amides is 3. The lowest BCUT2D eigenvalue weighted by Gasteiger charge is -2.28. The molecule has 1 aliphatic heterocycles. The topological polar surface area (TPSA) is 84.9 Å². The Morgan fingerprint density at radius 1 is 0.970 bits per heavy atom. The van der Waals surface area contributed by atoms with Crippen LogP contribution in [-0.4, -0.2) is 41.6 Å². The molecular formula is C24H22Br2N2O5. The normalized spacial score (nSPS) is 29.9. The van der Waals surface area contributed by atoms with Crippen LogP contribution in [-0.2, 0) is 9.59 Å². The van der Waals surface area contributed by atoms with Gasteiger partial charge in [-0.2, -0.15) is 0 Å². The van der Waals surface area contributed by atoms with E-state index in [1.165, 1.54) is 12.0 Å². The maximum absolute atomic E-state index is 13.3. The number of ether oxygens (including phenoxy) is 2. The number of rotatable bonds is 5. The highest BCUT2D eigenvalue weighted by molar-refractivity contribution is 9.12. The van der Waals surface area contributed by atoms with E-state index in [4.69, 9.17) is 9.47 Å². The van der Waals surface area contributed by atoms with Gasteiger partial charge >= 0.3 is 0 Å². The molecule has 2 aromatic carbocycles. The number of fused-ring (bicyclic) bond motifs is 5. The maximum Gasteiger partial charge on any atom is 0.255 e.